The maximum absolute atomic E-state index is 4.22. The van der Waals surface area contributed by atoms with Gasteiger partial charge in [-0.3, -0.25) is 0 Å². The van der Waals surface area contributed by atoms with Crippen molar-refractivity contribution in [3.63, 3.8) is 0 Å². The lowest BCUT2D eigenvalue weighted by Gasteiger charge is -1.69. The molecule has 0 saturated carbocycles. The van der Waals surface area contributed by atoms with Gasteiger partial charge in [-0.15, -0.1) is 4.91 Å². The molecule has 5 heavy (non-hydrogen) atoms. The molecular formula is CH5NOP2. The Kier molecular flexibility index (Phi) is 4.93. The smallest absolute Gasteiger partial charge is 0.0371 e. The van der Waals surface area contributed by atoms with Crippen LogP contribution < -0.4 is 0 Å². The third kappa shape index (κ3) is 4.49. The average molecular weight is 109 g/mol. The first-order chi connectivity index (χ1) is 2.41. The Bertz CT molecular complexity index is 36.6. The summed E-state index contributed by atoms with van der Waals surface area (Å²) in [5, 5.41) is 0. The van der Waals surface area contributed by atoms with Gasteiger partial charge in [0, 0.05) is 17.8 Å². The van der Waals surface area contributed by atoms with Crippen molar-refractivity contribution in [3.05, 3.63) is 0 Å². The molecule has 30 valence electrons. The summed E-state index contributed by atoms with van der Waals surface area (Å²) >= 11 is 0. The van der Waals surface area contributed by atoms with Crippen molar-refractivity contribution in [2.45, 2.75) is 0 Å². The lowest BCUT2D eigenvalue weighted by Crippen LogP contribution is -1.36. The third-order valence-electron chi connectivity index (χ3n) is 0.129. The molecular weight excluding hydrogens is 104 g/mol. The monoisotopic (exact) mass is 109 g/mol. The summed E-state index contributed by atoms with van der Waals surface area (Å²) in [6.07, 6.45) is 0. The Labute approximate surface area is 35.0 Å². The number of nitrogens with zero attached hydrogens (tertiary/aromatic N) is 1. The highest BCUT2D eigenvalue weighted by atomic mass is 31.1. The molecule has 0 amide bonds. The molecule has 1 unspecified atom stereocenters. The second-order valence-corrected chi connectivity index (χ2v) is 1.16. The van der Waals surface area contributed by atoms with Crippen LogP contribution >= 0.6 is 17.8 Å². The summed E-state index contributed by atoms with van der Waals surface area (Å²) in [6.45, 7) is 1.88. The molecule has 0 aliphatic heterocycles. The van der Waals surface area contributed by atoms with Gasteiger partial charge < -0.3 is 0 Å². The van der Waals surface area contributed by atoms with Crippen molar-refractivity contribution in [2.75, 3.05) is 6.66 Å². The molecule has 0 aromatic heterocycles. The Morgan fingerprint density at radius 2 is 2.60 bits per heavy atom. The van der Waals surface area contributed by atoms with E-state index in [2.05, 4.69) is 9.53 Å². The highest BCUT2D eigenvalue weighted by molar-refractivity contribution is 7.25. The highest BCUT2D eigenvalue weighted by Crippen LogP contribution is 1.94. The molecule has 0 radical (unpaired) electrons. The van der Waals surface area contributed by atoms with Crippen LogP contribution in [0.3, 0.4) is 0 Å². The molecule has 0 saturated heterocycles. The van der Waals surface area contributed by atoms with Gasteiger partial charge in [-0.25, -0.2) is 4.62 Å². The Hall–Kier alpha value is 0.490. The first kappa shape index (κ1) is 5.49. The first-order valence-electron chi connectivity index (χ1n) is 1.07. The fourth-order valence-electron chi connectivity index (χ4n) is 0.0471. The van der Waals surface area contributed by atoms with E-state index in [1.54, 1.807) is 0 Å². The zero-order chi connectivity index (χ0) is 4.12. The number of rotatable bonds is 1. The summed E-state index contributed by atoms with van der Waals surface area (Å²) in [5.41, 5.74) is 0. The maximum atomic E-state index is 4.22. The average Bonchev–Trinajstić information content (AvgIpc) is 1.41. The van der Waals surface area contributed by atoms with Gasteiger partial charge in [-0.05, 0) is 6.66 Å². The number of hydrogen-bond acceptors (Lipinski definition) is 2. The molecule has 0 aliphatic rings. The van der Waals surface area contributed by atoms with E-state index >= 15 is 0 Å². The van der Waals surface area contributed by atoms with Crippen LogP contribution in [-0.4, -0.2) is 6.66 Å². The van der Waals surface area contributed by atoms with Crippen molar-refractivity contribution >= 4 is 17.8 Å². The lowest BCUT2D eigenvalue weighted by atomic mass is 12.0. The van der Waals surface area contributed by atoms with Crippen LogP contribution in [0.25, 0.3) is 0 Å². The Balaban J connectivity index is 2.62. The van der Waals surface area contributed by atoms with Gasteiger partial charge >= 0.3 is 0 Å². The van der Waals surface area contributed by atoms with Gasteiger partial charge in [0.1, 0.15) is 0 Å². The SMILES string of the molecule is CP=NOP. The minimum Gasteiger partial charge on any atom is -0.234 e. The largest absolute Gasteiger partial charge is 0.234 e. The predicted molar refractivity (Wildman–Crippen MR) is 26.1 cm³/mol. The van der Waals surface area contributed by atoms with E-state index in [1.165, 1.54) is 0 Å². The summed E-state index contributed by atoms with van der Waals surface area (Å²) in [5.74, 6) is 0. The summed E-state index contributed by atoms with van der Waals surface area (Å²) < 4.78 is 4.22. The van der Waals surface area contributed by atoms with E-state index in [9.17, 15) is 0 Å². The maximum Gasteiger partial charge on any atom is 0.0371 e. The molecule has 0 fully saturated rings. The van der Waals surface area contributed by atoms with E-state index < -0.39 is 0 Å². The molecule has 0 bridgehead atoms. The lowest BCUT2D eigenvalue weighted by molar-refractivity contribution is 0.414. The molecule has 0 aromatic carbocycles. The molecule has 4 heteroatoms. The molecule has 0 aliphatic carbocycles. The molecule has 2 nitrogen and oxygen atoms in total. The summed E-state index contributed by atoms with van der Waals surface area (Å²) in [7, 11) is 2.94. The van der Waals surface area contributed by atoms with Crippen LogP contribution in [0, 0.1) is 0 Å². The van der Waals surface area contributed by atoms with E-state index in [0.29, 0.717) is 0 Å². The van der Waals surface area contributed by atoms with Gasteiger partial charge in [-0.2, -0.15) is 0 Å². The van der Waals surface area contributed by atoms with E-state index in [4.69, 9.17) is 0 Å². The molecule has 0 N–H and O–H groups in total. The Morgan fingerprint density at radius 1 is 2.00 bits per heavy atom. The third-order valence-corrected chi connectivity index (χ3v) is 0.669. The summed E-state index contributed by atoms with van der Waals surface area (Å²) in [6, 6.07) is 0. The molecule has 0 aromatic rings. The minimum atomic E-state index is 0.912. The Morgan fingerprint density at radius 3 is 2.60 bits per heavy atom. The number of hydrogen-bond donors (Lipinski definition) is 0. The second-order valence-electron chi connectivity index (χ2n) is 0.387. The van der Waals surface area contributed by atoms with Crippen LogP contribution in [-0.2, 0) is 4.62 Å². The van der Waals surface area contributed by atoms with Crippen LogP contribution in [0.4, 0.5) is 0 Å². The topological polar surface area (TPSA) is 21.6 Å². The van der Waals surface area contributed by atoms with Gasteiger partial charge in [0.2, 0.25) is 0 Å². The van der Waals surface area contributed by atoms with Crippen LogP contribution in [0.1, 0.15) is 0 Å². The van der Waals surface area contributed by atoms with Crippen LogP contribution in [0.5, 0.6) is 0 Å². The van der Waals surface area contributed by atoms with Crippen molar-refractivity contribution < 1.29 is 4.62 Å². The molecule has 0 heterocycles. The molecule has 1 atom stereocenters. The minimum absolute atomic E-state index is 0.912. The fraction of sp³-hybridized carbons (Fsp3) is 1.00. The van der Waals surface area contributed by atoms with E-state index in [1.807, 2.05) is 16.1 Å². The quantitative estimate of drug-likeness (QED) is 0.369. The van der Waals surface area contributed by atoms with Gasteiger partial charge in [0.15, 0.2) is 0 Å². The van der Waals surface area contributed by atoms with Crippen molar-refractivity contribution in [1.29, 1.82) is 0 Å². The van der Waals surface area contributed by atoms with E-state index in [-0.39, 0.29) is 0 Å². The first-order valence-corrected chi connectivity index (χ1v) is 2.83. The van der Waals surface area contributed by atoms with Gasteiger partial charge in [0.25, 0.3) is 0 Å². The summed E-state index contributed by atoms with van der Waals surface area (Å²) in [4.78, 5) is 3.41. The molecule has 0 rings (SSSR count). The van der Waals surface area contributed by atoms with Crippen molar-refractivity contribution in [3.8, 4) is 0 Å². The van der Waals surface area contributed by atoms with Crippen LogP contribution in [0.2, 0.25) is 0 Å². The normalized spacial score (nSPS) is 10.0. The second kappa shape index (κ2) is 4.49. The van der Waals surface area contributed by atoms with Crippen LogP contribution in [0.15, 0.2) is 4.91 Å². The van der Waals surface area contributed by atoms with E-state index in [0.717, 1.165) is 8.37 Å². The zero-order valence-corrected chi connectivity index (χ0v) is 4.93. The standard InChI is InChI=1S/CH5NOP2/c1-5-2-3-4/h4H2,1H3. The van der Waals surface area contributed by atoms with Crippen molar-refractivity contribution in [2.24, 2.45) is 4.91 Å². The van der Waals surface area contributed by atoms with Gasteiger partial charge in [-0.1, -0.05) is 0 Å². The fourth-order valence-corrected chi connectivity index (χ4v) is 0.424. The molecule has 0 spiro atoms. The highest BCUT2D eigenvalue weighted by Gasteiger charge is 1.49. The van der Waals surface area contributed by atoms with Gasteiger partial charge in [0.05, 0.1) is 0 Å². The zero-order valence-electron chi connectivity index (χ0n) is 2.88. The predicted octanol–water partition coefficient (Wildman–Crippen LogP) is 1.47. The van der Waals surface area contributed by atoms with Crippen molar-refractivity contribution in [1.82, 2.24) is 0 Å².